The fourth-order valence-electron chi connectivity index (χ4n) is 2.53. The van der Waals surface area contributed by atoms with Gasteiger partial charge in [-0.2, -0.15) is 0 Å². The van der Waals surface area contributed by atoms with Crippen molar-refractivity contribution in [3.63, 3.8) is 0 Å². The number of rotatable bonds is 6. The SMILES string of the molecule is CC(C)n1ccc2c(C(=O)NCCCN(C)C)cccc21. The van der Waals surface area contributed by atoms with E-state index in [-0.39, 0.29) is 5.91 Å². The largest absolute Gasteiger partial charge is 0.352 e. The molecule has 21 heavy (non-hydrogen) atoms. The van der Waals surface area contributed by atoms with Crippen LogP contribution in [0.15, 0.2) is 30.5 Å². The third-order valence-electron chi connectivity index (χ3n) is 3.63. The molecule has 4 nitrogen and oxygen atoms in total. The third kappa shape index (κ3) is 3.64. The Labute approximate surface area is 126 Å². The highest BCUT2D eigenvalue weighted by atomic mass is 16.1. The highest BCUT2D eigenvalue weighted by Gasteiger charge is 2.12. The number of nitrogens with zero attached hydrogens (tertiary/aromatic N) is 2. The van der Waals surface area contributed by atoms with Gasteiger partial charge in [-0.3, -0.25) is 4.79 Å². The van der Waals surface area contributed by atoms with E-state index in [1.165, 1.54) is 0 Å². The van der Waals surface area contributed by atoms with E-state index >= 15 is 0 Å². The minimum absolute atomic E-state index is 0.0147. The molecule has 0 aliphatic rings. The second kappa shape index (κ2) is 6.76. The van der Waals surface area contributed by atoms with Gasteiger partial charge in [-0.25, -0.2) is 0 Å². The average molecular weight is 287 g/mol. The Bertz CT molecular complexity index is 614. The van der Waals surface area contributed by atoms with Crippen LogP contribution in [-0.4, -0.2) is 42.6 Å². The van der Waals surface area contributed by atoms with Crippen LogP contribution in [0.4, 0.5) is 0 Å². The number of hydrogen-bond acceptors (Lipinski definition) is 2. The van der Waals surface area contributed by atoms with Gasteiger partial charge in [0.15, 0.2) is 0 Å². The lowest BCUT2D eigenvalue weighted by molar-refractivity contribution is 0.0954. The van der Waals surface area contributed by atoms with E-state index in [0.29, 0.717) is 12.6 Å². The second-order valence-electron chi connectivity index (χ2n) is 5.97. The lowest BCUT2D eigenvalue weighted by Gasteiger charge is -2.11. The van der Waals surface area contributed by atoms with Crippen LogP contribution in [0, 0.1) is 0 Å². The maximum Gasteiger partial charge on any atom is 0.251 e. The van der Waals surface area contributed by atoms with Crippen molar-refractivity contribution >= 4 is 16.8 Å². The molecule has 2 rings (SSSR count). The first-order chi connectivity index (χ1) is 10.0. The summed E-state index contributed by atoms with van der Waals surface area (Å²) >= 11 is 0. The number of amides is 1. The molecule has 0 fully saturated rings. The van der Waals surface area contributed by atoms with Crippen molar-refractivity contribution in [2.24, 2.45) is 0 Å². The van der Waals surface area contributed by atoms with Crippen LogP contribution in [-0.2, 0) is 0 Å². The van der Waals surface area contributed by atoms with Crippen molar-refractivity contribution in [3.8, 4) is 0 Å². The maximum atomic E-state index is 12.3. The van der Waals surface area contributed by atoms with Crippen LogP contribution in [0.5, 0.6) is 0 Å². The molecule has 0 radical (unpaired) electrons. The summed E-state index contributed by atoms with van der Waals surface area (Å²) < 4.78 is 2.19. The first-order valence-electron chi connectivity index (χ1n) is 7.53. The first kappa shape index (κ1) is 15.6. The van der Waals surface area contributed by atoms with Crippen LogP contribution in [0.1, 0.15) is 36.7 Å². The molecule has 0 aliphatic carbocycles. The van der Waals surface area contributed by atoms with E-state index in [1.54, 1.807) is 0 Å². The van der Waals surface area contributed by atoms with E-state index in [9.17, 15) is 4.79 Å². The fourth-order valence-corrected chi connectivity index (χ4v) is 2.53. The van der Waals surface area contributed by atoms with Gasteiger partial charge in [0.25, 0.3) is 5.91 Å². The number of fused-ring (bicyclic) bond motifs is 1. The van der Waals surface area contributed by atoms with E-state index in [1.807, 2.05) is 32.3 Å². The van der Waals surface area contributed by atoms with Crippen LogP contribution in [0.2, 0.25) is 0 Å². The predicted octanol–water partition coefficient (Wildman–Crippen LogP) is 2.90. The van der Waals surface area contributed by atoms with Crippen molar-refractivity contribution < 1.29 is 4.79 Å². The molecule has 1 amide bonds. The zero-order valence-electron chi connectivity index (χ0n) is 13.4. The standard InChI is InChI=1S/C17H25N3O/c1-13(2)20-12-9-14-15(7-5-8-16(14)20)17(21)18-10-6-11-19(3)4/h5,7-9,12-13H,6,10-11H2,1-4H3,(H,18,21). The minimum Gasteiger partial charge on any atom is -0.352 e. The van der Waals surface area contributed by atoms with Gasteiger partial charge in [0, 0.05) is 35.2 Å². The monoisotopic (exact) mass is 287 g/mol. The number of nitrogens with one attached hydrogen (secondary N) is 1. The van der Waals surface area contributed by atoms with Crippen LogP contribution in [0.3, 0.4) is 0 Å². The topological polar surface area (TPSA) is 37.3 Å². The van der Waals surface area contributed by atoms with Gasteiger partial charge in [0.05, 0.1) is 0 Å². The third-order valence-corrected chi connectivity index (χ3v) is 3.63. The molecule has 1 N–H and O–H groups in total. The number of aromatic nitrogens is 1. The van der Waals surface area contributed by atoms with Gasteiger partial charge in [0.2, 0.25) is 0 Å². The van der Waals surface area contributed by atoms with Gasteiger partial charge >= 0.3 is 0 Å². The lowest BCUT2D eigenvalue weighted by atomic mass is 10.1. The Hall–Kier alpha value is -1.81. The molecule has 0 saturated carbocycles. The van der Waals surface area contributed by atoms with E-state index < -0.39 is 0 Å². The van der Waals surface area contributed by atoms with Gasteiger partial charge in [-0.05, 0) is 59.1 Å². The van der Waals surface area contributed by atoms with Gasteiger partial charge in [-0.15, -0.1) is 0 Å². The lowest BCUT2D eigenvalue weighted by Crippen LogP contribution is -2.27. The quantitative estimate of drug-likeness (QED) is 0.830. The summed E-state index contributed by atoms with van der Waals surface area (Å²) in [6.45, 7) is 5.98. The van der Waals surface area contributed by atoms with E-state index in [0.717, 1.165) is 29.4 Å². The highest BCUT2D eigenvalue weighted by Crippen LogP contribution is 2.23. The molecular formula is C17H25N3O. The molecule has 114 valence electrons. The predicted molar refractivity (Wildman–Crippen MR) is 87.8 cm³/mol. The van der Waals surface area contributed by atoms with Crippen LogP contribution in [0.25, 0.3) is 10.9 Å². The summed E-state index contributed by atoms with van der Waals surface area (Å²) in [5.74, 6) is 0.0147. The maximum absolute atomic E-state index is 12.3. The molecule has 0 spiro atoms. The van der Waals surface area contributed by atoms with Crippen LogP contribution < -0.4 is 5.32 Å². The molecule has 4 heteroatoms. The van der Waals surface area contributed by atoms with E-state index in [2.05, 4.69) is 40.9 Å². The number of hydrogen-bond donors (Lipinski definition) is 1. The summed E-state index contributed by atoms with van der Waals surface area (Å²) in [6.07, 6.45) is 3.01. The zero-order valence-corrected chi connectivity index (χ0v) is 13.4. The van der Waals surface area contributed by atoms with E-state index in [4.69, 9.17) is 0 Å². The number of benzene rings is 1. The smallest absolute Gasteiger partial charge is 0.251 e. The second-order valence-corrected chi connectivity index (χ2v) is 5.97. The molecule has 0 saturated heterocycles. The van der Waals surface area contributed by atoms with Crippen LogP contribution >= 0.6 is 0 Å². The summed E-state index contributed by atoms with van der Waals surface area (Å²) in [5.41, 5.74) is 1.88. The molecule has 0 bridgehead atoms. The Morgan fingerprint density at radius 2 is 2.05 bits per heavy atom. The normalized spacial score (nSPS) is 11.5. The zero-order chi connectivity index (χ0) is 15.4. The summed E-state index contributed by atoms with van der Waals surface area (Å²) in [7, 11) is 4.08. The first-order valence-corrected chi connectivity index (χ1v) is 7.53. The van der Waals surface area contributed by atoms with Gasteiger partial charge in [-0.1, -0.05) is 6.07 Å². The summed E-state index contributed by atoms with van der Waals surface area (Å²) in [6, 6.07) is 8.34. The summed E-state index contributed by atoms with van der Waals surface area (Å²) in [4.78, 5) is 14.5. The minimum atomic E-state index is 0.0147. The Kier molecular flexibility index (Phi) is 5.02. The van der Waals surface area contributed by atoms with Crippen molar-refractivity contribution in [2.75, 3.05) is 27.2 Å². The molecule has 1 aromatic heterocycles. The number of carbonyl (C=O) groups excluding carboxylic acids is 1. The average Bonchev–Trinajstić information content (AvgIpc) is 2.87. The molecule has 0 atom stereocenters. The van der Waals surface area contributed by atoms with Crippen molar-refractivity contribution in [1.29, 1.82) is 0 Å². The van der Waals surface area contributed by atoms with Gasteiger partial charge in [0.1, 0.15) is 0 Å². The highest BCUT2D eigenvalue weighted by molar-refractivity contribution is 6.06. The summed E-state index contributed by atoms with van der Waals surface area (Å²) in [5, 5.41) is 4.03. The Balaban J connectivity index is 2.13. The molecule has 2 aromatic rings. The Morgan fingerprint density at radius 3 is 2.71 bits per heavy atom. The number of carbonyl (C=O) groups is 1. The van der Waals surface area contributed by atoms with Gasteiger partial charge < -0.3 is 14.8 Å². The van der Waals surface area contributed by atoms with Crippen molar-refractivity contribution in [3.05, 3.63) is 36.0 Å². The molecule has 0 unspecified atom stereocenters. The molecule has 1 aromatic carbocycles. The van der Waals surface area contributed by atoms with Crippen molar-refractivity contribution in [2.45, 2.75) is 26.3 Å². The molecule has 1 heterocycles. The molecular weight excluding hydrogens is 262 g/mol. The molecule has 0 aliphatic heterocycles. The van der Waals surface area contributed by atoms with Crippen molar-refractivity contribution in [1.82, 2.24) is 14.8 Å². The Morgan fingerprint density at radius 1 is 1.29 bits per heavy atom. The fraction of sp³-hybridized carbons (Fsp3) is 0.471.